The molecule has 0 aliphatic heterocycles. The van der Waals surface area contributed by atoms with Crippen LogP contribution < -0.4 is 15.4 Å². The van der Waals surface area contributed by atoms with Gasteiger partial charge in [-0.05, 0) is 41.8 Å². The molecule has 1 heterocycles. The number of hydrogen-bond donors (Lipinski definition) is 2. The number of ether oxygens (including phenoxy) is 1. The van der Waals surface area contributed by atoms with Crippen LogP contribution in [0.4, 0.5) is 8.78 Å². The Morgan fingerprint density at radius 2 is 1.94 bits per heavy atom. The molecule has 0 aliphatic carbocycles. The molecular weight excluding hydrogens is 400 g/mol. The van der Waals surface area contributed by atoms with E-state index in [9.17, 15) is 8.78 Å². The molecule has 0 aliphatic rings. The molecule has 0 saturated carbocycles. The van der Waals surface area contributed by atoms with Gasteiger partial charge in [0.15, 0.2) is 5.96 Å². The first-order valence-corrected chi connectivity index (χ1v) is 10.2. The van der Waals surface area contributed by atoms with E-state index >= 15 is 0 Å². The van der Waals surface area contributed by atoms with E-state index < -0.39 is 13.0 Å². The van der Waals surface area contributed by atoms with E-state index in [1.807, 2.05) is 42.1 Å². The summed E-state index contributed by atoms with van der Waals surface area (Å²) in [4.78, 5) is 4.61. The monoisotopic (exact) mass is 427 g/mol. The Morgan fingerprint density at radius 3 is 2.68 bits per heavy atom. The third kappa shape index (κ3) is 7.40. The maximum absolute atomic E-state index is 12.4. The molecule has 31 heavy (non-hydrogen) atoms. The van der Waals surface area contributed by atoms with Crippen molar-refractivity contribution in [1.82, 2.24) is 20.4 Å². The zero-order chi connectivity index (χ0) is 21.9. The van der Waals surface area contributed by atoms with Crippen LogP contribution in [0.1, 0.15) is 23.6 Å². The van der Waals surface area contributed by atoms with Crippen LogP contribution in [0.3, 0.4) is 0 Å². The molecule has 6 nitrogen and oxygen atoms in total. The van der Waals surface area contributed by atoms with Gasteiger partial charge in [-0.25, -0.2) is 13.8 Å². The number of halogens is 2. The summed E-state index contributed by atoms with van der Waals surface area (Å²) in [5.74, 6) is 1.09. The second-order valence-corrected chi connectivity index (χ2v) is 6.87. The average Bonchev–Trinajstić information content (AvgIpc) is 3.28. The molecule has 2 N–H and O–H groups in total. The maximum atomic E-state index is 12.4. The number of alkyl halides is 2. The lowest BCUT2D eigenvalue weighted by atomic mass is 10.1. The highest BCUT2D eigenvalue weighted by molar-refractivity contribution is 5.79. The summed E-state index contributed by atoms with van der Waals surface area (Å²) in [5.41, 5.74) is 3.22. The fraction of sp³-hybridized carbons (Fsp3) is 0.304. The Morgan fingerprint density at radius 1 is 1.10 bits per heavy atom. The molecule has 0 radical (unpaired) electrons. The van der Waals surface area contributed by atoms with Gasteiger partial charge in [0.1, 0.15) is 12.4 Å². The van der Waals surface area contributed by atoms with Crippen molar-refractivity contribution in [3.63, 3.8) is 0 Å². The molecule has 0 bridgehead atoms. The van der Waals surface area contributed by atoms with Crippen molar-refractivity contribution in [2.24, 2.45) is 4.99 Å². The molecule has 164 valence electrons. The predicted molar refractivity (Wildman–Crippen MR) is 117 cm³/mol. The zero-order valence-electron chi connectivity index (χ0n) is 17.5. The van der Waals surface area contributed by atoms with Gasteiger partial charge in [0, 0.05) is 25.5 Å². The summed E-state index contributed by atoms with van der Waals surface area (Å²) < 4.78 is 31.7. The fourth-order valence-electron chi connectivity index (χ4n) is 3.04. The average molecular weight is 427 g/mol. The van der Waals surface area contributed by atoms with Crippen molar-refractivity contribution < 1.29 is 13.5 Å². The van der Waals surface area contributed by atoms with Crippen molar-refractivity contribution in [3.8, 4) is 5.75 Å². The number of nitrogens with zero attached hydrogens (tertiary/aromatic N) is 3. The quantitative estimate of drug-likeness (QED) is 0.381. The Hall–Kier alpha value is -3.42. The van der Waals surface area contributed by atoms with Crippen molar-refractivity contribution >= 4 is 5.96 Å². The lowest BCUT2D eigenvalue weighted by Crippen LogP contribution is -2.37. The molecule has 0 fully saturated rings. The summed E-state index contributed by atoms with van der Waals surface area (Å²) in [7, 11) is 0. The van der Waals surface area contributed by atoms with Gasteiger partial charge >= 0.3 is 0 Å². The summed E-state index contributed by atoms with van der Waals surface area (Å²) in [5, 5.41) is 10.9. The van der Waals surface area contributed by atoms with Gasteiger partial charge in [0.2, 0.25) is 0 Å². The van der Waals surface area contributed by atoms with Crippen LogP contribution in [0.5, 0.6) is 5.75 Å². The van der Waals surface area contributed by atoms with E-state index in [0.717, 1.165) is 17.7 Å². The summed E-state index contributed by atoms with van der Waals surface area (Å²) in [6, 6.07) is 17.2. The van der Waals surface area contributed by atoms with Crippen molar-refractivity contribution in [1.29, 1.82) is 0 Å². The highest BCUT2D eigenvalue weighted by atomic mass is 19.3. The number of guanidine groups is 1. The van der Waals surface area contributed by atoms with Gasteiger partial charge < -0.3 is 15.4 Å². The Balaban J connectivity index is 1.63. The normalized spacial score (nSPS) is 11.5. The van der Waals surface area contributed by atoms with Gasteiger partial charge in [0.25, 0.3) is 6.43 Å². The van der Waals surface area contributed by atoms with E-state index in [0.29, 0.717) is 31.3 Å². The molecule has 3 rings (SSSR count). The second kappa shape index (κ2) is 11.7. The van der Waals surface area contributed by atoms with E-state index in [-0.39, 0.29) is 0 Å². The Bertz CT molecular complexity index is 960. The second-order valence-electron chi connectivity index (χ2n) is 6.87. The van der Waals surface area contributed by atoms with Crippen LogP contribution in [-0.2, 0) is 19.6 Å². The highest BCUT2D eigenvalue weighted by Gasteiger charge is 2.06. The summed E-state index contributed by atoms with van der Waals surface area (Å²) in [6.07, 6.45) is 1.21. The summed E-state index contributed by atoms with van der Waals surface area (Å²) in [6.45, 7) is 3.82. The predicted octanol–water partition coefficient (Wildman–Crippen LogP) is 3.83. The molecule has 1 aromatic heterocycles. The molecule has 0 unspecified atom stereocenters. The van der Waals surface area contributed by atoms with Gasteiger partial charge in [0.05, 0.1) is 13.1 Å². The lowest BCUT2D eigenvalue weighted by molar-refractivity contribution is 0.0818. The first kappa shape index (κ1) is 22.3. The molecule has 0 spiro atoms. The first-order valence-electron chi connectivity index (χ1n) is 10.2. The topological polar surface area (TPSA) is 63.5 Å². The standard InChI is InChI=1S/C23H27F2N5O/c1-2-26-23(27-14-18-7-5-10-21(13-18)31-17-22(24)25)28-15-19-8-3-4-9-20(19)16-30-12-6-11-29-30/h3-13,22H,2,14-17H2,1H3,(H2,26,27,28). The zero-order valence-corrected chi connectivity index (χ0v) is 17.5. The molecule has 8 heteroatoms. The SMILES string of the molecule is CCNC(=NCc1cccc(OCC(F)F)c1)NCc1ccccc1Cn1cccn1. The molecule has 0 amide bonds. The van der Waals surface area contributed by atoms with Crippen LogP contribution >= 0.6 is 0 Å². The largest absolute Gasteiger partial charge is 0.488 e. The molecular formula is C23H27F2N5O. The number of aromatic nitrogens is 2. The van der Waals surface area contributed by atoms with Crippen LogP contribution in [0.2, 0.25) is 0 Å². The smallest absolute Gasteiger partial charge is 0.272 e. The van der Waals surface area contributed by atoms with Crippen molar-refractivity contribution in [2.45, 2.75) is 33.0 Å². The van der Waals surface area contributed by atoms with Crippen LogP contribution in [0, 0.1) is 0 Å². The molecule has 0 atom stereocenters. The third-order valence-electron chi connectivity index (χ3n) is 4.49. The first-order chi connectivity index (χ1) is 15.1. The van der Waals surface area contributed by atoms with Crippen LogP contribution in [0.15, 0.2) is 72.0 Å². The minimum atomic E-state index is -2.50. The molecule has 2 aromatic carbocycles. The Labute approximate surface area is 181 Å². The number of rotatable bonds is 10. The van der Waals surface area contributed by atoms with E-state index in [2.05, 4.69) is 32.9 Å². The summed E-state index contributed by atoms with van der Waals surface area (Å²) >= 11 is 0. The van der Waals surface area contributed by atoms with E-state index in [1.165, 1.54) is 5.56 Å². The fourth-order valence-corrected chi connectivity index (χ4v) is 3.04. The van der Waals surface area contributed by atoms with Crippen molar-refractivity contribution in [3.05, 3.63) is 83.7 Å². The Kier molecular flexibility index (Phi) is 8.39. The van der Waals surface area contributed by atoms with Gasteiger partial charge in [-0.2, -0.15) is 5.10 Å². The van der Waals surface area contributed by atoms with E-state index in [1.54, 1.807) is 24.4 Å². The number of benzene rings is 2. The highest BCUT2D eigenvalue weighted by Crippen LogP contribution is 2.15. The van der Waals surface area contributed by atoms with Gasteiger partial charge in [-0.1, -0.05) is 36.4 Å². The maximum Gasteiger partial charge on any atom is 0.272 e. The third-order valence-corrected chi connectivity index (χ3v) is 4.49. The van der Waals surface area contributed by atoms with Crippen molar-refractivity contribution in [2.75, 3.05) is 13.2 Å². The minimum absolute atomic E-state index is 0.399. The number of hydrogen-bond acceptors (Lipinski definition) is 3. The van der Waals surface area contributed by atoms with Crippen LogP contribution in [0.25, 0.3) is 0 Å². The van der Waals surface area contributed by atoms with Crippen LogP contribution in [-0.4, -0.2) is 35.3 Å². The number of nitrogens with one attached hydrogen (secondary N) is 2. The lowest BCUT2D eigenvalue weighted by Gasteiger charge is -2.14. The minimum Gasteiger partial charge on any atom is -0.488 e. The van der Waals surface area contributed by atoms with E-state index in [4.69, 9.17) is 4.74 Å². The molecule has 3 aromatic rings. The number of aliphatic imine (C=N–C) groups is 1. The van der Waals surface area contributed by atoms with Gasteiger partial charge in [-0.15, -0.1) is 0 Å². The molecule has 0 saturated heterocycles. The van der Waals surface area contributed by atoms with Gasteiger partial charge in [-0.3, -0.25) is 4.68 Å².